The van der Waals surface area contributed by atoms with Crippen LogP contribution in [0, 0.1) is 0 Å². The molecule has 0 aromatic carbocycles. The number of rotatable bonds is 5. The van der Waals surface area contributed by atoms with Crippen molar-refractivity contribution in [1.82, 2.24) is 10.4 Å². The fraction of sp³-hybridized carbons (Fsp3) is 0.500. The number of hydrogen-bond donors (Lipinski definition) is 1. The molecule has 2 aliphatic rings. The largest absolute Gasteiger partial charge is 0.481 e. The van der Waals surface area contributed by atoms with Crippen LogP contribution in [-0.4, -0.2) is 24.3 Å². The van der Waals surface area contributed by atoms with Gasteiger partial charge in [-0.1, -0.05) is 19.9 Å². The molecule has 2 unspecified atom stereocenters. The summed E-state index contributed by atoms with van der Waals surface area (Å²) in [5, 5.41) is 1.84. The first-order valence-electron chi connectivity index (χ1n) is 7.20. The van der Waals surface area contributed by atoms with Gasteiger partial charge in [-0.15, -0.1) is 0 Å². The van der Waals surface area contributed by atoms with Gasteiger partial charge in [0.25, 0.3) is 0 Å². The number of methoxy groups -OCH3 is 1. The first-order valence-corrected chi connectivity index (χ1v) is 7.20. The van der Waals surface area contributed by atoms with Crippen LogP contribution in [0.5, 0.6) is 0 Å². The minimum Gasteiger partial charge on any atom is -0.481 e. The van der Waals surface area contributed by atoms with Crippen molar-refractivity contribution in [3.05, 3.63) is 47.0 Å². The summed E-state index contributed by atoms with van der Waals surface area (Å²) in [6.45, 7) is 5.83. The monoisotopic (exact) mass is 278 g/mol. The highest BCUT2D eigenvalue weighted by molar-refractivity contribution is 5.52. The van der Waals surface area contributed by atoms with E-state index in [-0.39, 0.29) is 6.04 Å². The lowest BCUT2D eigenvalue weighted by Gasteiger charge is -2.29. The molecule has 2 aliphatic heterocycles. The van der Waals surface area contributed by atoms with Crippen LogP contribution in [0.25, 0.3) is 0 Å². The Morgan fingerprint density at radius 3 is 2.80 bits per heavy atom. The van der Waals surface area contributed by atoms with Gasteiger partial charge in [-0.2, -0.15) is 0 Å². The third kappa shape index (κ3) is 2.66. The lowest BCUT2D eigenvalue weighted by molar-refractivity contribution is 0.132. The van der Waals surface area contributed by atoms with Crippen molar-refractivity contribution in [3.8, 4) is 0 Å². The lowest BCUT2D eigenvalue weighted by Crippen LogP contribution is -2.41. The van der Waals surface area contributed by atoms with E-state index in [0.29, 0.717) is 5.88 Å². The van der Waals surface area contributed by atoms with E-state index in [1.54, 1.807) is 14.0 Å². The van der Waals surface area contributed by atoms with Gasteiger partial charge in [0.2, 0.25) is 5.88 Å². The number of ether oxygens (including phenoxy) is 1. The van der Waals surface area contributed by atoms with Gasteiger partial charge in [-0.05, 0) is 37.5 Å². The molecule has 0 aromatic heterocycles. The number of fused-ring (bicyclic) bond motifs is 1. The lowest BCUT2D eigenvalue weighted by atomic mass is 9.96. The van der Waals surface area contributed by atoms with E-state index < -0.39 is 6.17 Å². The molecule has 0 bridgehead atoms. The van der Waals surface area contributed by atoms with Crippen molar-refractivity contribution in [2.75, 3.05) is 7.11 Å². The van der Waals surface area contributed by atoms with Gasteiger partial charge in [0.1, 0.15) is 6.17 Å². The van der Waals surface area contributed by atoms with Gasteiger partial charge >= 0.3 is 0 Å². The number of nitrogens with one attached hydrogen (secondary N) is 1. The Hall–Kier alpha value is -1.55. The van der Waals surface area contributed by atoms with Crippen molar-refractivity contribution in [2.45, 2.75) is 45.8 Å². The Balaban J connectivity index is 2.41. The average Bonchev–Trinajstić information content (AvgIpc) is 2.89. The van der Waals surface area contributed by atoms with E-state index in [0.717, 1.165) is 24.1 Å². The van der Waals surface area contributed by atoms with Crippen LogP contribution in [-0.2, 0) is 4.74 Å². The van der Waals surface area contributed by atoms with Crippen molar-refractivity contribution in [1.29, 1.82) is 0 Å². The summed E-state index contributed by atoms with van der Waals surface area (Å²) in [6, 6.07) is -0.315. The summed E-state index contributed by atoms with van der Waals surface area (Å²) in [5.41, 5.74) is 6.56. The number of halogens is 1. The Morgan fingerprint density at radius 1 is 1.50 bits per heavy atom. The summed E-state index contributed by atoms with van der Waals surface area (Å²) >= 11 is 0. The Bertz CT molecular complexity index is 489. The molecule has 0 radical (unpaired) electrons. The second-order valence-corrected chi connectivity index (χ2v) is 5.00. The predicted octanol–water partition coefficient (Wildman–Crippen LogP) is 3.59. The van der Waals surface area contributed by atoms with Crippen LogP contribution in [0.1, 0.15) is 33.6 Å². The highest BCUT2D eigenvalue weighted by Gasteiger charge is 2.33. The fourth-order valence-corrected chi connectivity index (χ4v) is 2.56. The molecule has 1 N–H and O–H groups in total. The van der Waals surface area contributed by atoms with E-state index in [9.17, 15) is 4.39 Å². The number of hydrogen-bond acceptors (Lipinski definition) is 3. The molecule has 0 saturated heterocycles. The predicted molar refractivity (Wildman–Crippen MR) is 79.3 cm³/mol. The van der Waals surface area contributed by atoms with Crippen LogP contribution >= 0.6 is 0 Å². The number of hydrazine groups is 1. The van der Waals surface area contributed by atoms with E-state index in [1.807, 2.05) is 17.2 Å². The van der Waals surface area contributed by atoms with Crippen molar-refractivity contribution in [3.63, 3.8) is 0 Å². The van der Waals surface area contributed by atoms with Crippen LogP contribution in [0.15, 0.2) is 47.0 Å². The molecule has 0 spiro atoms. The molecule has 4 heteroatoms. The summed E-state index contributed by atoms with van der Waals surface area (Å²) in [6.07, 6.45) is 9.14. The highest BCUT2D eigenvalue weighted by atomic mass is 19.1. The third-order valence-corrected chi connectivity index (χ3v) is 3.63. The molecule has 0 amide bonds. The van der Waals surface area contributed by atoms with Crippen molar-refractivity contribution >= 4 is 0 Å². The molecule has 2 heterocycles. The second-order valence-electron chi connectivity index (χ2n) is 5.00. The second kappa shape index (κ2) is 6.27. The van der Waals surface area contributed by atoms with Gasteiger partial charge in [0.15, 0.2) is 0 Å². The molecule has 3 nitrogen and oxygen atoms in total. The van der Waals surface area contributed by atoms with E-state index in [2.05, 4.69) is 31.4 Å². The molecule has 2 atom stereocenters. The minimum absolute atomic E-state index is 0.315. The van der Waals surface area contributed by atoms with Gasteiger partial charge in [-0.3, -0.25) is 0 Å². The first kappa shape index (κ1) is 14.9. The summed E-state index contributed by atoms with van der Waals surface area (Å²) in [7, 11) is 1.62. The van der Waals surface area contributed by atoms with Gasteiger partial charge in [0, 0.05) is 11.6 Å². The Morgan fingerprint density at radius 2 is 2.25 bits per heavy atom. The smallest absolute Gasteiger partial charge is 0.208 e. The summed E-state index contributed by atoms with van der Waals surface area (Å²) < 4.78 is 19.0. The third-order valence-electron chi connectivity index (χ3n) is 3.63. The van der Waals surface area contributed by atoms with Crippen LogP contribution in [0.3, 0.4) is 0 Å². The SMILES string of the molecule is CC/C=C(\CC)C1=CC=C(OC)N2NC(C(C)F)C=C12. The number of alkyl halides is 1. The topological polar surface area (TPSA) is 24.5 Å². The molecule has 0 saturated carbocycles. The maximum atomic E-state index is 13.6. The van der Waals surface area contributed by atoms with E-state index in [1.165, 1.54) is 5.57 Å². The van der Waals surface area contributed by atoms with Crippen molar-refractivity contribution < 1.29 is 9.13 Å². The molecule has 0 fully saturated rings. The summed E-state index contributed by atoms with van der Waals surface area (Å²) in [5.74, 6) is 0.690. The molecule has 20 heavy (non-hydrogen) atoms. The van der Waals surface area contributed by atoms with Crippen LogP contribution in [0.4, 0.5) is 4.39 Å². The van der Waals surface area contributed by atoms with Gasteiger partial charge in [0.05, 0.1) is 18.8 Å². The minimum atomic E-state index is -0.951. The fourth-order valence-electron chi connectivity index (χ4n) is 2.56. The molecule has 110 valence electrons. The quantitative estimate of drug-likeness (QED) is 0.831. The van der Waals surface area contributed by atoms with Gasteiger partial charge < -0.3 is 4.74 Å². The summed E-state index contributed by atoms with van der Waals surface area (Å²) in [4.78, 5) is 0. The zero-order valence-electron chi connectivity index (χ0n) is 12.6. The first-order chi connectivity index (χ1) is 9.62. The molecular weight excluding hydrogens is 255 g/mol. The molecule has 0 aliphatic carbocycles. The van der Waals surface area contributed by atoms with Crippen molar-refractivity contribution in [2.24, 2.45) is 0 Å². The Kier molecular flexibility index (Phi) is 4.65. The standard InChI is InChI=1S/C16H23FN2O/c1-5-7-12(6-2)13-8-9-16(20-4)19-15(13)10-14(18-19)11(3)17/h7-11,14,18H,5-6H2,1-4H3/b12-7+. The zero-order chi connectivity index (χ0) is 14.7. The number of nitrogens with zero attached hydrogens (tertiary/aromatic N) is 1. The maximum absolute atomic E-state index is 13.6. The van der Waals surface area contributed by atoms with E-state index >= 15 is 0 Å². The maximum Gasteiger partial charge on any atom is 0.208 e. The normalized spacial score (nSPS) is 23.9. The van der Waals surface area contributed by atoms with Gasteiger partial charge in [-0.25, -0.2) is 14.8 Å². The average molecular weight is 278 g/mol. The zero-order valence-corrected chi connectivity index (χ0v) is 12.6. The van der Waals surface area contributed by atoms with Crippen LogP contribution < -0.4 is 5.43 Å². The molecule has 2 rings (SSSR count). The van der Waals surface area contributed by atoms with E-state index in [4.69, 9.17) is 4.74 Å². The van der Waals surface area contributed by atoms with Crippen LogP contribution in [0.2, 0.25) is 0 Å². The molecular formula is C16H23FN2O. The highest BCUT2D eigenvalue weighted by Crippen LogP contribution is 2.34. The molecule has 0 aromatic rings. The Labute approximate surface area is 120 Å². The number of allylic oxidation sites excluding steroid dienone is 4.